The van der Waals surface area contributed by atoms with Crippen molar-refractivity contribution in [3.05, 3.63) is 35.9 Å². The zero-order chi connectivity index (χ0) is 22.2. The molecule has 1 aromatic rings. The molecule has 1 aromatic carbocycles. The van der Waals surface area contributed by atoms with E-state index >= 15 is 0 Å². The fourth-order valence-corrected chi connectivity index (χ4v) is 4.89. The molecule has 2 N–H and O–H groups in total. The van der Waals surface area contributed by atoms with Crippen molar-refractivity contribution >= 4 is 11.8 Å². The minimum Gasteiger partial charge on any atom is -0.351 e. The van der Waals surface area contributed by atoms with Crippen molar-refractivity contribution in [2.45, 2.75) is 84.3 Å². The molecule has 0 bridgehead atoms. The van der Waals surface area contributed by atoms with Gasteiger partial charge in [-0.2, -0.15) is 0 Å². The van der Waals surface area contributed by atoms with Crippen molar-refractivity contribution in [2.24, 2.45) is 17.8 Å². The molecule has 3 rings (SSSR count). The monoisotopic (exact) mass is 427 g/mol. The van der Waals surface area contributed by atoms with E-state index in [1.54, 1.807) is 0 Å². The Hall–Kier alpha value is -1.88. The zero-order valence-electron chi connectivity index (χ0n) is 19.6. The van der Waals surface area contributed by atoms with Crippen LogP contribution in [0.4, 0.5) is 0 Å². The Bertz CT molecular complexity index is 690. The van der Waals surface area contributed by atoms with E-state index in [0.29, 0.717) is 18.3 Å². The summed E-state index contributed by atoms with van der Waals surface area (Å²) in [6.07, 6.45) is 6.73. The van der Waals surface area contributed by atoms with Gasteiger partial charge in [0.1, 0.15) is 6.04 Å². The lowest BCUT2D eigenvalue weighted by atomic mass is 9.82. The summed E-state index contributed by atoms with van der Waals surface area (Å²) in [6, 6.07) is 10.3. The highest BCUT2D eigenvalue weighted by molar-refractivity contribution is 5.88. The second-order valence-corrected chi connectivity index (χ2v) is 10.2. The molecule has 172 valence electrons. The van der Waals surface area contributed by atoms with Crippen LogP contribution >= 0.6 is 0 Å². The molecule has 1 aliphatic heterocycles. The summed E-state index contributed by atoms with van der Waals surface area (Å²) >= 11 is 0. The molecule has 1 unspecified atom stereocenters. The molecule has 1 heterocycles. The fraction of sp³-hybridized carbons (Fsp3) is 0.692. The summed E-state index contributed by atoms with van der Waals surface area (Å²) in [4.78, 5) is 28.3. The summed E-state index contributed by atoms with van der Waals surface area (Å²) in [5, 5.41) is 6.35. The average Bonchev–Trinajstić information content (AvgIpc) is 2.75. The van der Waals surface area contributed by atoms with Crippen molar-refractivity contribution in [3.8, 4) is 0 Å². The van der Waals surface area contributed by atoms with E-state index in [4.69, 9.17) is 0 Å². The fourth-order valence-electron chi connectivity index (χ4n) is 4.89. The van der Waals surface area contributed by atoms with Gasteiger partial charge >= 0.3 is 0 Å². The molecule has 0 aromatic heterocycles. The summed E-state index contributed by atoms with van der Waals surface area (Å²) < 4.78 is 0. The molecule has 2 fully saturated rings. The van der Waals surface area contributed by atoms with Crippen LogP contribution in [0.1, 0.15) is 71.3 Å². The molecule has 1 aliphatic carbocycles. The normalized spacial score (nSPS) is 24.0. The molecule has 5 heteroatoms. The summed E-state index contributed by atoms with van der Waals surface area (Å²) in [7, 11) is 0. The summed E-state index contributed by atoms with van der Waals surface area (Å²) in [6.45, 7) is 9.41. The topological polar surface area (TPSA) is 61.4 Å². The van der Waals surface area contributed by atoms with Gasteiger partial charge in [-0.15, -0.1) is 0 Å². The molecule has 5 nitrogen and oxygen atoms in total. The number of hydrogen-bond acceptors (Lipinski definition) is 3. The highest BCUT2D eigenvalue weighted by Crippen LogP contribution is 2.28. The van der Waals surface area contributed by atoms with Crippen LogP contribution in [0.5, 0.6) is 0 Å². The Morgan fingerprint density at radius 1 is 1.00 bits per heavy atom. The van der Waals surface area contributed by atoms with Gasteiger partial charge in [-0.05, 0) is 62.3 Å². The van der Waals surface area contributed by atoms with Crippen LogP contribution in [0, 0.1) is 17.8 Å². The average molecular weight is 428 g/mol. The molecular formula is C26H41N3O2. The number of hydrogen-bond donors (Lipinski definition) is 2. The lowest BCUT2D eigenvalue weighted by Crippen LogP contribution is -2.53. The third-order valence-electron chi connectivity index (χ3n) is 6.91. The van der Waals surface area contributed by atoms with Crippen LogP contribution in [0.25, 0.3) is 0 Å². The van der Waals surface area contributed by atoms with Gasteiger partial charge in [-0.25, -0.2) is 0 Å². The minimum atomic E-state index is -0.422. The smallest absolute Gasteiger partial charge is 0.242 e. The number of amides is 2. The number of nitrogens with zero attached hydrogens (tertiary/aromatic N) is 1. The van der Waals surface area contributed by atoms with E-state index in [9.17, 15) is 9.59 Å². The first-order valence-electron chi connectivity index (χ1n) is 12.3. The van der Waals surface area contributed by atoms with E-state index in [-0.39, 0.29) is 23.8 Å². The first-order chi connectivity index (χ1) is 14.9. The third kappa shape index (κ3) is 7.64. The van der Waals surface area contributed by atoms with Gasteiger partial charge < -0.3 is 10.6 Å². The van der Waals surface area contributed by atoms with Crippen LogP contribution in [0.15, 0.2) is 30.3 Å². The number of rotatable bonds is 8. The maximum Gasteiger partial charge on any atom is 0.242 e. The van der Waals surface area contributed by atoms with Crippen molar-refractivity contribution in [3.63, 3.8) is 0 Å². The van der Waals surface area contributed by atoms with Crippen LogP contribution in [-0.2, 0) is 16.1 Å². The Morgan fingerprint density at radius 2 is 1.65 bits per heavy atom. The van der Waals surface area contributed by atoms with Gasteiger partial charge in [0.15, 0.2) is 0 Å². The molecule has 0 spiro atoms. The second kappa shape index (κ2) is 11.7. The number of piperidine rings is 1. The number of nitrogens with one attached hydrogen (secondary N) is 2. The first kappa shape index (κ1) is 23.8. The zero-order valence-corrected chi connectivity index (χ0v) is 19.6. The van der Waals surface area contributed by atoms with Gasteiger partial charge in [-0.3, -0.25) is 14.5 Å². The highest BCUT2D eigenvalue weighted by atomic mass is 16.2. The van der Waals surface area contributed by atoms with E-state index in [1.807, 2.05) is 6.07 Å². The van der Waals surface area contributed by atoms with E-state index in [2.05, 4.69) is 60.6 Å². The molecule has 2 amide bonds. The molecule has 2 aliphatic rings. The maximum absolute atomic E-state index is 13.1. The minimum absolute atomic E-state index is 0.00673. The van der Waals surface area contributed by atoms with Crippen LogP contribution in [0.3, 0.4) is 0 Å². The Labute approximate surface area is 188 Å². The van der Waals surface area contributed by atoms with Crippen LogP contribution < -0.4 is 10.6 Å². The van der Waals surface area contributed by atoms with Crippen molar-refractivity contribution in [2.75, 3.05) is 13.1 Å². The molecule has 0 radical (unpaired) electrons. The molecule has 1 saturated heterocycles. The van der Waals surface area contributed by atoms with E-state index < -0.39 is 6.04 Å². The van der Waals surface area contributed by atoms with Crippen LogP contribution in [0.2, 0.25) is 0 Å². The largest absolute Gasteiger partial charge is 0.351 e. The van der Waals surface area contributed by atoms with Crippen molar-refractivity contribution < 1.29 is 9.59 Å². The van der Waals surface area contributed by atoms with Crippen molar-refractivity contribution in [1.82, 2.24) is 15.5 Å². The predicted molar refractivity (Wildman–Crippen MR) is 125 cm³/mol. The van der Waals surface area contributed by atoms with E-state index in [1.165, 1.54) is 5.56 Å². The molecule has 31 heavy (non-hydrogen) atoms. The maximum atomic E-state index is 13.1. The summed E-state index contributed by atoms with van der Waals surface area (Å²) in [5.41, 5.74) is 1.34. The van der Waals surface area contributed by atoms with Gasteiger partial charge in [0.25, 0.3) is 0 Å². The Balaban J connectivity index is 1.47. The Morgan fingerprint density at radius 3 is 2.26 bits per heavy atom. The van der Waals surface area contributed by atoms with Gasteiger partial charge in [-0.1, -0.05) is 51.1 Å². The highest BCUT2D eigenvalue weighted by Gasteiger charge is 2.30. The second-order valence-electron chi connectivity index (χ2n) is 10.2. The third-order valence-corrected chi connectivity index (χ3v) is 6.91. The lowest BCUT2D eigenvalue weighted by molar-refractivity contribution is -0.132. The first-order valence-corrected chi connectivity index (χ1v) is 12.3. The number of carbonyl (C=O) groups is 2. The SMILES string of the molecule is CC(C)CC(NC(=O)C1CCC(C)CC1)C(=O)NC1CCN(Cc2ccccc2)CC1. The molecule has 1 atom stereocenters. The predicted octanol–water partition coefficient (Wildman–Crippen LogP) is 4.12. The van der Waals surface area contributed by atoms with Gasteiger partial charge in [0.2, 0.25) is 11.8 Å². The number of carbonyl (C=O) groups excluding carboxylic acids is 2. The standard InChI is InChI=1S/C26H41N3O2/c1-19(2)17-24(28-25(30)22-11-9-20(3)10-12-22)26(31)27-23-13-15-29(16-14-23)18-21-7-5-4-6-8-21/h4-8,19-20,22-24H,9-18H2,1-3H3,(H,27,31)(H,28,30). The van der Waals surface area contributed by atoms with Gasteiger partial charge in [0, 0.05) is 31.6 Å². The van der Waals surface area contributed by atoms with Crippen molar-refractivity contribution in [1.29, 1.82) is 0 Å². The Kier molecular flexibility index (Phi) is 8.94. The lowest BCUT2D eigenvalue weighted by Gasteiger charge is -2.33. The molecular weight excluding hydrogens is 386 g/mol. The summed E-state index contributed by atoms with van der Waals surface area (Å²) in [5.74, 6) is 1.21. The number of likely N-dealkylation sites (tertiary alicyclic amines) is 1. The quantitative estimate of drug-likeness (QED) is 0.656. The number of benzene rings is 1. The van der Waals surface area contributed by atoms with Crippen LogP contribution in [-0.4, -0.2) is 41.9 Å². The van der Waals surface area contributed by atoms with E-state index in [0.717, 1.165) is 58.2 Å². The molecule has 1 saturated carbocycles. The van der Waals surface area contributed by atoms with Gasteiger partial charge in [0.05, 0.1) is 0 Å².